The van der Waals surface area contributed by atoms with Crippen molar-refractivity contribution >= 4 is 23.5 Å². The normalized spacial score (nSPS) is 18.9. The van der Waals surface area contributed by atoms with Crippen LogP contribution >= 0.6 is 11.6 Å². The lowest BCUT2D eigenvalue weighted by molar-refractivity contribution is -0.150. The minimum Gasteiger partial charge on any atom is -0.497 e. The first-order valence-corrected chi connectivity index (χ1v) is 7.35. The highest BCUT2D eigenvalue weighted by atomic mass is 35.5. The Kier molecular flexibility index (Phi) is 5.13. The zero-order chi connectivity index (χ0) is 16.3. The number of likely N-dealkylation sites (tertiary alicyclic amines) is 1. The van der Waals surface area contributed by atoms with Crippen LogP contribution in [-0.4, -0.2) is 47.7 Å². The number of carboxylic acids is 1. The van der Waals surface area contributed by atoms with E-state index in [1.165, 1.54) is 12.0 Å². The number of hydrogen-bond acceptors (Lipinski definition) is 4. The van der Waals surface area contributed by atoms with E-state index in [-0.39, 0.29) is 5.91 Å². The number of nitrogens with zero attached hydrogens (tertiary/aromatic N) is 1. The number of carbonyl (C=O) groups excluding carboxylic acids is 1. The molecular weight excluding hydrogens is 310 g/mol. The molecule has 1 aliphatic heterocycles. The highest BCUT2D eigenvalue weighted by Gasteiger charge is 2.36. The third-order valence-corrected chi connectivity index (χ3v) is 3.91. The van der Waals surface area contributed by atoms with Crippen LogP contribution in [0.5, 0.6) is 11.5 Å². The summed E-state index contributed by atoms with van der Waals surface area (Å²) in [6.07, 6.45) is 0.335. The fourth-order valence-electron chi connectivity index (χ4n) is 2.47. The molecule has 0 saturated carbocycles. The van der Waals surface area contributed by atoms with Crippen LogP contribution in [0.3, 0.4) is 0 Å². The van der Waals surface area contributed by atoms with Gasteiger partial charge in [-0.2, -0.15) is 0 Å². The van der Waals surface area contributed by atoms with Gasteiger partial charge in [0.25, 0.3) is 5.91 Å². The molecule has 1 fully saturated rings. The van der Waals surface area contributed by atoms with Crippen LogP contribution in [0.4, 0.5) is 0 Å². The number of benzene rings is 1. The first-order chi connectivity index (χ1) is 10.4. The van der Waals surface area contributed by atoms with Gasteiger partial charge in [-0.05, 0) is 31.9 Å². The van der Waals surface area contributed by atoms with Crippen molar-refractivity contribution in [3.63, 3.8) is 0 Å². The second kappa shape index (κ2) is 6.87. The molecule has 6 nitrogen and oxygen atoms in total. The van der Waals surface area contributed by atoms with Crippen molar-refractivity contribution in [2.24, 2.45) is 0 Å². The Morgan fingerprint density at radius 2 is 2.18 bits per heavy atom. The number of hydrogen-bond donors (Lipinski definition) is 1. The fourth-order valence-corrected chi connectivity index (χ4v) is 2.68. The summed E-state index contributed by atoms with van der Waals surface area (Å²) in [4.78, 5) is 24.9. The average molecular weight is 328 g/mol. The second-order valence-electron chi connectivity index (χ2n) is 5.08. The van der Waals surface area contributed by atoms with E-state index in [1.807, 2.05) is 0 Å². The van der Waals surface area contributed by atoms with E-state index in [9.17, 15) is 9.59 Å². The molecule has 1 amide bonds. The molecule has 1 saturated heterocycles. The Bertz CT molecular complexity index is 577. The predicted molar refractivity (Wildman–Crippen MR) is 80.5 cm³/mol. The number of methoxy groups -OCH3 is 1. The summed E-state index contributed by atoms with van der Waals surface area (Å²) in [7, 11) is 1.53. The maximum absolute atomic E-state index is 12.4. The van der Waals surface area contributed by atoms with E-state index in [0.717, 1.165) is 0 Å². The smallest absolute Gasteiger partial charge is 0.326 e. The monoisotopic (exact) mass is 327 g/mol. The first-order valence-electron chi connectivity index (χ1n) is 6.97. The van der Waals surface area contributed by atoms with E-state index in [1.54, 1.807) is 25.1 Å². The summed E-state index contributed by atoms with van der Waals surface area (Å²) in [5.74, 6) is -0.395. The lowest BCUT2D eigenvalue weighted by atomic mass is 10.2. The van der Waals surface area contributed by atoms with Crippen LogP contribution in [0.25, 0.3) is 0 Å². The lowest BCUT2D eigenvalue weighted by Gasteiger charge is -2.25. The standard InChI is InChI=1S/C15H18ClNO5/c1-9(14(18)17-7-3-4-12(17)15(19)20)22-13-6-5-10(21-2)8-11(13)16/h5-6,8-9,12H,3-4,7H2,1-2H3,(H,19,20). The summed E-state index contributed by atoms with van der Waals surface area (Å²) < 4.78 is 10.6. The number of aliphatic carboxylic acids is 1. The van der Waals surface area contributed by atoms with Crippen molar-refractivity contribution in [3.05, 3.63) is 23.2 Å². The number of halogens is 1. The average Bonchev–Trinajstić information content (AvgIpc) is 2.98. The third-order valence-electron chi connectivity index (χ3n) is 3.61. The molecule has 2 rings (SSSR count). The van der Waals surface area contributed by atoms with Gasteiger partial charge < -0.3 is 19.5 Å². The van der Waals surface area contributed by atoms with Crippen molar-refractivity contribution in [2.75, 3.05) is 13.7 Å². The Hall–Kier alpha value is -1.95. The summed E-state index contributed by atoms with van der Waals surface area (Å²) in [5, 5.41) is 9.47. The molecule has 7 heteroatoms. The number of carbonyl (C=O) groups is 2. The van der Waals surface area contributed by atoms with Gasteiger partial charge in [-0.3, -0.25) is 4.79 Å². The van der Waals surface area contributed by atoms with Gasteiger partial charge in [0.2, 0.25) is 0 Å². The highest BCUT2D eigenvalue weighted by Crippen LogP contribution is 2.30. The molecule has 1 aliphatic rings. The van der Waals surface area contributed by atoms with Crippen LogP contribution in [0.15, 0.2) is 18.2 Å². The van der Waals surface area contributed by atoms with E-state index in [0.29, 0.717) is 35.9 Å². The minimum atomic E-state index is -0.986. The lowest BCUT2D eigenvalue weighted by Crippen LogP contribution is -2.46. The van der Waals surface area contributed by atoms with E-state index in [4.69, 9.17) is 26.2 Å². The zero-order valence-electron chi connectivity index (χ0n) is 12.4. The molecule has 22 heavy (non-hydrogen) atoms. The summed E-state index contributed by atoms with van der Waals surface area (Å²) in [5.41, 5.74) is 0. The van der Waals surface area contributed by atoms with Gasteiger partial charge >= 0.3 is 5.97 Å². The van der Waals surface area contributed by atoms with Crippen molar-refractivity contribution in [3.8, 4) is 11.5 Å². The Morgan fingerprint density at radius 3 is 2.77 bits per heavy atom. The number of carboxylic acid groups (broad SMARTS) is 1. The summed E-state index contributed by atoms with van der Waals surface area (Å²) in [6, 6.07) is 4.10. The van der Waals surface area contributed by atoms with Crippen LogP contribution in [0, 0.1) is 0 Å². The minimum absolute atomic E-state index is 0.329. The van der Waals surface area contributed by atoms with Gasteiger partial charge in [-0.1, -0.05) is 11.6 Å². The van der Waals surface area contributed by atoms with Crippen molar-refractivity contribution in [1.82, 2.24) is 4.90 Å². The van der Waals surface area contributed by atoms with Gasteiger partial charge in [0.05, 0.1) is 12.1 Å². The quantitative estimate of drug-likeness (QED) is 0.897. The maximum atomic E-state index is 12.4. The third kappa shape index (κ3) is 3.44. The Morgan fingerprint density at radius 1 is 1.45 bits per heavy atom. The molecule has 0 radical (unpaired) electrons. The first kappa shape index (κ1) is 16.4. The Balaban J connectivity index is 2.07. The van der Waals surface area contributed by atoms with Gasteiger partial charge in [-0.15, -0.1) is 0 Å². The van der Waals surface area contributed by atoms with Crippen LogP contribution in [0.2, 0.25) is 5.02 Å². The summed E-state index contributed by atoms with van der Waals surface area (Å²) >= 11 is 6.07. The van der Waals surface area contributed by atoms with Gasteiger partial charge in [0.15, 0.2) is 6.10 Å². The van der Waals surface area contributed by atoms with Crippen LogP contribution in [0.1, 0.15) is 19.8 Å². The molecule has 1 aromatic rings. The molecule has 2 atom stereocenters. The zero-order valence-corrected chi connectivity index (χ0v) is 13.2. The SMILES string of the molecule is COc1ccc(OC(C)C(=O)N2CCCC2C(=O)O)c(Cl)c1. The highest BCUT2D eigenvalue weighted by molar-refractivity contribution is 6.32. The number of rotatable bonds is 5. The topological polar surface area (TPSA) is 76.1 Å². The largest absolute Gasteiger partial charge is 0.497 e. The molecule has 0 aromatic heterocycles. The van der Waals surface area contributed by atoms with Gasteiger partial charge in [0.1, 0.15) is 17.5 Å². The molecule has 0 aliphatic carbocycles. The number of ether oxygens (including phenoxy) is 2. The van der Waals surface area contributed by atoms with Crippen molar-refractivity contribution < 1.29 is 24.2 Å². The number of amides is 1. The molecular formula is C15H18ClNO5. The molecule has 0 bridgehead atoms. The van der Waals surface area contributed by atoms with E-state index in [2.05, 4.69) is 0 Å². The van der Waals surface area contributed by atoms with Gasteiger partial charge in [-0.25, -0.2) is 4.79 Å². The maximum Gasteiger partial charge on any atom is 0.326 e. The molecule has 2 unspecified atom stereocenters. The van der Waals surface area contributed by atoms with Crippen molar-refractivity contribution in [2.45, 2.75) is 31.9 Å². The fraction of sp³-hybridized carbons (Fsp3) is 0.467. The molecule has 120 valence electrons. The van der Waals surface area contributed by atoms with Crippen LogP contribution in [-0.2, 0) is 9.59 Å². The van der Waals surface area contributed by atoms with Crippen molar-refractivity contribution in [1.29, 1.82) is 0 Å². The van der Waals surface area contributed by atoms with Crippen LogP contribution < -0.4 is 9.47 Å². The van der Waals surface area contributed by atoms with Gasteiger partial charge in [0, 0.05) is 12.6 Å². The van der Waals surface area contributed by atoms with E-state index >= 15 is 0 Å². The molecule has 1 aromatic carbocycles. The molecule has 0 spiro atoms. The Labute approximate surface area is 133 Å². The molecule has 1 N–H and O–H groups in total. The van der Waals surface area contributed by atoms with E-state index < -0.39 is 18.1 Å². The predicted octanol–water partition coefficient (Wildman–Crippen LogP) is 2.19. The second-order valence-corrected chi connectivity index (χ2v) is 5.49. The molecule has 1 heterocycles. The summed E-state index contributed by atoms with van der Waals surface area (Å²) in [6.45, 7) is 2.01.